The Morgan fingerprint density at radius 3 is 2.76 bits per heavy atom. The highest BCUT2D eigenvalue weighted by Crippen LogP contribution is 2.22. The van der Waals surface area contributed by atoms with Gasteiger partial charge < -0.3 is 9.40 Å². The molecule has 0 aliphatic heterocycles. The molecule has 25 heavy (non-hydrogen) atoms. The van der Waals surface area contributed by atoms with Gasteiger partial charge in [0, 0.05) is 0 Å². The number of rotatable bonds is 5. The second kappa shape index (κ2) is 6.82. The quantitative estimate of drug-likeness (QED) is 0.533. The van der Waals surface area contributed by atoms with Crippen molar-refractivity contribution >= 4 is 34.8 Å². The minimum absolute atomic E-state index is 0.200. The first-order valence-electron chi connectivity index (χ1n) is 7.66. The number of fused-ring (bicyclic) bond motifs is 1. The summed E-state index contributed by atoms with van der Waals surface area (Å²) >= 11 is 1.32. The number of aromatic amines is 1. The highest BCUT2D eigenvalue weighted by Gasteiger charge is 2.11. The molecule has 6 nitrogen and oxygen atoms in total. The van der Waals surface area contributed by atoms with Gasteiger partial charge in [0.15, 0.2) is 10.7 Å². The lowest BCUT2D eigenvalue weighted by Gasteiger charge is -1.99. The highest BCUT2D eigenvalue weighted by molar-refractivity contribution is 7.99. The molecule has 0 aliphatic carbocycles. The fraction of sp³-hybridized carbons (Fsp3) is 0.0556. The van der Waals surface area contributed by atoms with Gasteiger partial charge in [0.2, 0.25) is 5.91 Å². The van der Waals surface area contributed by atoms with Crippen LogP contribution in [-0.2, 0) is 4.79 Å². The van der Waals surface area contributed by atoms with Crippen molar-refractivity contribution in [3.05, 3.63) is 60.8 Å². The number of imidazole rings is 1. The van der Waals surface area contributed by atoms with E-state index in [2.05, 4.69) is 20.3 Å². The van der Waals surface area contributed by atoms with Gasteiger partial charge in [0.05, 0.1) is 17.6 Å². The zero-order chi connectivity index (χ0) is 17.1. The standard InChI is InChI=1S/C18H14N4O2S/c23-16(22-17-20-13-8-4-5-9-15(13)24-17)11-25-18-19-10-14(21-18)12-6-2-1-3-7-12/h1-10H,11H2,(H,19,21)(H,20,22,23). The molecule has 124 valence electrons. The lowest BCUT2D eigenvalue weighted by molar-refractivity contribution is -0.113. The van der Waals surface area contributed by atoms with Gasteiger partial charge in [-0.2, -0.15) is 4.98 Å². The first-order valence-corrected chi connectivity index (χ1v) is 8.65. The van der Waals surface area contributed by atoms with E-state index in [9.17, 15) is 4.79 Å². The van der Waals surface area contributed by atoms with Crippen LogP contribution in [0.2, 0.25) is 0 Å². The summed E-state index contributed by atoms with van der Waals surface area (Å²) in [6, 6.07) is 17.5. The Balaban J connectivity index is 1.36. The number of nitrogens with zero attached hydrogens (tertiary/aromatic N) is 2. The molecule has 0 saturated heterocycles. The zero-order valence-corrected chi connectivity index (χ0v) is 13.9. The SMILES string of the molecule is O=C(CSc1ncc(-c2ccccc2)[nH]1)Nc1nc2ccccc2o1. The number of hydrogen-bond donors (Lipinski definition) is 2. The second-order valence-corrected chi connectivity index (χ2v) is 6.26. The molecule has 2 aromatic heterocycles. The summed E-state index contributed by atoms with van der Waals surface area (Å²) in [4.78, 5) is 23.8. The molecule has 4 rings (SSSR count). The average molecular weight is 350 g/mol. The van der Waals surface area contributed by atoms with Crippen molar-refractivity contribution in [3.8, 4) is 11.3 Å². The fourth-order valence-electron chi connectivity index (χ4n) is 2.36. The van der Waals surface area contributed by atoms with E-state index in [1.807, 2.05) is 48.5 Å². The molecule has 0 saturated carbocycles. The number of carbonyl (C=O) groups excluding carboxylic acids is 1. The number of H-pyrrole nitrogens is 1. The maximum atomic E-state index is 12.1. The van der Waals surface area contributed by atoms with E-state index in [4.69, 9.17) is 4.42 Å². The van der Waals surface area contributed by atoms with Crippen LogP contribution in [0.4, 0.5) is 6.01 Å². The Bertz CT molecular complexity index is 977. The van der Waals surface area contributed by atoms with Crippen molar-refractivity contribution in [2.24, 2.45) is 0 Å². The molecule has 2 heterocycles. The van der Waals surface area contributed by atoms with E-state index in [1.165, 1.54) is 11.8 Å². The van der Waals surface area contributed by atoms with Crippen LogP contribution >= 0.6 is 11.8 Å². The van der Waals surface area contributed by atoms with E-state index in [1.54, 1.807) is 12.3 Å². The largest absolute Gasteiger partial charge is 0.423 e. The number of oxazole rings is 1. The van der Waals surface area contributed by atoms with E-state index < -0.39 is 0 Å². The molecule has 1 amide bonds. The number of amides is 1. The molecule has 0 fully saturated rings. The Hall–Kier alpha value is -3.06. The number of hydrogen-bond acceptors (Lipinski definition) is 5. The lowest BCUT2D eigenvalue weighted by atomic mass is 10.2. The van der Waals surface area contributed by atoms with Gasteiger partial charge in [0.1, 0.15) is 5.52 Å². The smallest absolute Gasteiger partial charge is 0.302 e. The van der Waals surface area contributed by atoms with E-state index >= 15 is 0 Å². The van der Waals surface area contributed by atoms with E-state index in [-0.39, 0.29) is 17.7 Å². The molecule has 2 aromatic carbocycles. The number of nitrogens with one attached hydrogen (secondary N) is 2. The number of aromatic nitrogens is 3. The van der Waals surface area contributed by atoms with Crippen LogP contribution in [-0.4, -0.2) is 26.6 Å². The second-order valence-electron chi connectivity index (χ2n) is 5.29. The summed E-state index contributed by atoms with van der Waals surface area (Å²) in [5.41, 5.74) is 3.33. The third kappa shape index (κ3) is 3.56. The van der Waals surface area contributed by atoms with Crippen molar-refractivity contribution in [1.29, 1.82) is 0 Å². The number of carbonyl (C=O) groups is 1. The van der Waals surface area contributed by atoms with Gasteiger partial charge in [-0.3, -0.25) is 10.1 Å². The van der Waals surface area contributed by atoms with Crippen molar-refractivity contribution in [2.75, 3.05) is 11.1 Å². The summed E-state index contributed by atoms with van der Waals surface area (Å²) in [6.07, 6.45) is 1.76. The topological polar surface area (TPSA) is 83.8 Å². The molecule has 0 atom stereocenters. The van der Waals surface area contributed by atoms with Crippen LogP contribution in [0, 0.1) is 0 Å². The first-order chi connectivity index (χ1) is 12.3. The van der Waals surface area contributed by atoms with Gasteiger partial charge in [-0.25, -0.2) is 4.98 Å². The molecule has 0 radical (unpaired) electrons. The summed E-state index contributed by atoms with van der Waals surface area (Å²) in [5, 5.41) is 3.35. The molecule has 0 bridgehead atoms. The van der Waals surface area contributed by atoms with Crippen LogP contribution in [0.5, 0.6) is 0 Å². The first kappa shape index (κ1) is 15.5. The molecular weight excluding hydrogens is 336 g/mol. The summed E-state index contributed by atoms with van der Waals surface area (Å²) in [5.74, 6) is 0.00900. The molecule has 0 aliphatic rings. The van der Waals surface area contributed by atoms with Crippen LogP contribution in [0.15, 0.2) is 70.4 Å². The molecule has 2 N–H and O–H groups in total. The number of thioether (sulfide) groups is 1. The Labute approximate surface area is 147 Å². The molecular formula is C18H14N4O2S. The predicted octanol–water partition coefficient (Wildman–Crippen LogP) is 3.95. The monoisotopic (exact) mass is 350 g/mol. The molecule has 4 aromatic rings. The molecule has 0 unspecified atom stereocenters. The summed E-state index contributed by atoms with van der Waals surface area (Å²) in [7, 11) is 0. The average Bonchev–Trinajstić information content (AvgIpc) is 3.27. The van der Waals surface area contributed by atoms with Gasteiger partial charge >= 0.3 is 6.01 Å². The number of anilines is 1. The van der Waals surface area contributed by atoms with Gasteiger partial charge in [-0.15, -0.1) is 0 Å². The predicted molar refractivity (Wildman–Crippen MR) is 97.4 cm³/mol. The van der Waals surface area contributed by atoms with E-state index in [0.717, 1.165) is 11.3 Å². The van der Waals surface area contributed by atoms with Crippen LogP contribution in [0.1, 0.15) is 0 Å². The third-order valence-electron chi connectivity index (χ3n) is 3.52. The highest BCUT2D eigenvalue weighted by atomic mass is 32.2. The Kier molecular flexibility index (Phi) is 4.22. The fourth-order valence-corrected chi connectivity index (χ4v) is 3.00. The van der Waals surface area contributed by atoms with Gasteiger partial charge in [0.25, 0.3) is 0 Å². The Morgan fingerprint density at radius 2 is 1.92 bits per heavy atom. The van der Waals surface area contributed by atoms with E-state index in [0.29, 0.717) is 16.3 Å². The molecule has 0 spiro atoms. The maximum Gasteiger partial charge on any atom is 0.302 e. The van der Waals surface area contributed by atoms with Crippen LogP contribution in [0.25, 0.3) is 22.4 Å². The van der Waals surface area contributed by atoms with Crippen molar-refractivity contribution in [3.63, 3.8) is 0 Å². The molecule has 7 heteroatoms. The third-order valence-corrected chi connectivity index (χ3v) is 4.40. The van der Waals surface area contributed by atoms with Crippen LogP contribution < -0.4 is 5.32 Å². The van der Waals surface area contributed by atoms with Crippen molar-refractivity contribution in [2.45, 2.75) is 5.16 Å². The Morgan fingerprint density at radius 1 is 1.12 bits per heavy atom. The normalized spacial score (nSPS) is 10.9. The summed E-state index contributed by atoms with van der Waals surface area (Å²) in [6.45, 7) is 0. The van der Waals surface area contributed by atoms with Gasteiger partial charge in [-0.1, -0.05) is 54.2 Å². The van der Waals surface area contributed by atoms with Gasteiger partial charge in [-0.05, 0) is 17.7 Å². The van der Waals surface area contributed by atoms with Crippen molar-refractivity contribution < 1.29 is 9.21 Å². The summed E-state index contributed by atoms with van der Waals surface area (Å²) < 4.78 is 5.48. The zero-order valence-electron chi connectivity index (χ0n) is 13.1. The number of para-hydroxylation sites is 2. The lowest BCUT2D eigenvalue weighted by Crippen LogP contribution is -2.14. The van der Waals surface area contributed by atoms with Crippen molar-refractivity contribution in [1.82, 2.24) is 15.0 Å². The minimum Gasteiger partial charge on any atom is -0.423 e. The number of benzene rings is 2. The maximum absolute atomic E-state index is 12.1. The minimum atomic E-state index is -0.200. The van der Waals surface area contributed by atoms with Crippen LogP contribution in [0.3, 0.4) is 0 Å².